The molecule has 2 nitrogen and oxygen atoms in total. The number of hydrogen-bond acceptors (Lipinski definition) is 0. The van der Waals surface area contributed by atoms with Crippen molar-refractivity contribution in [3.8, 4) is 0 Å². The lowest BCUT2D eigenvalue weighted by atomic mass is 9.92. The van der Waals surface area contributed by atoms with E-state index in [-0.39, 0.29) is 0 Å². The van der Waals surface area contributed by atoms with Gasteiger partial charge in [-0.1, -0.05) is 207 Å². The number of imidazole rings is 1. The quantitative estimate of drug-likeness (QED) is 0.0579. The Morgan fingerprint density at radius 1 is 0.432 bits per heavy atom. The molecule has 0 aromatic carbocycles. The van der Waals surface area contributed by atoms with Crippen LogP contribution in [-0.2, 0) is 0 Å². The molecular weight excluding hydrogens is 532 g/mol. The molecule has 0 aliphatic rings. The van der Waals surface area contributed by atoms with Crippen LogP contribution in [-0.4, -0.2) is 4.98 Å². The maximum Gasteiger partial charge on any atom is 0.257 e. The Kier molecular flexibility index (Phi) is 30.1. The van der Waals surface area contributed by atoms with Crippen LogP contribution in [0.3, 0.4) is 0 Å². The highest BCUT2D eigenvalue weighted by Crippen LogP contribution is 2.27. The molecular formula is C42H83N2+. The molecule has 1 rings (SSSR count). The van der Waals surface area contributed by atoms with Crippen molar-refractivity contribution in [3.63, 3.8) is 0 Å². The molecule has 0 aliphatic carbocycles. The summed E-state index contributed by atoms with van der Waals surface area (Å²) in [5.74, 6) is 2.25. The number of aromatic amines is 1. The number of nitrogens with one attached hydrogen (secondary N) is 1. The molecule has 0 radical (unpaired) electrons. The molecule has 0 saturated carbocycles. The summed E-state index contributed by atoms with van der Waals surface area (Å²) in [7, 11) is 0. The summed E-state index contributed by atoms with van der Waals surface area (Å²) >= 11 is 0. The van der Waals surface area contributed by atoms with E-state index in [4.69, 9.17) is 0 Å². The predicted molar refractivity (Wildman–Crippen MR) is 198 cm³/mol. The van der Waals surface area contributed by atoms with Gasteiger partial charge in [-0.25, -0.2) is 9.55 Å². The zero-order chi connectivity index (χ0) is 31.8. The van der Waals surface area contributed by atoms with Crippen LogP contribution in [0.2, 0.25) is 0 Å². The van der Waals surface area contributed by atoms with E-state index in [2.05, 4.69) is 49.6 Å². The molecule has 1 aromatic heterocycles. The molecule has 0 fully saturated rings. The molecule has 44 heavy (non-hydrogen) atoms. The van der Waals surface area contributed by atoms with Crippen LogP contribution in [0.1, 0.15) is 257 Å². The molecule has 0 amide bonds. The number of hydrogen-bond donors (Lipinski definition) is 1. The molecule has 0 bridgehead atoms. The fourth-order valence-electron chi connectivity index (χ4n) is 7.31. The smallest absolute Gasteiger partial charge is 0.247 e. The van der Waals surface area contributed by atoms with Crippen molar-refractivity contribution in [1.82, 2.24) is 4.98 Å². The molecule has 0 saturated heterocycles. The monoisotopic (exact) mass is 616 g/mol. The second kappa shape index (κ2) is 32.2. The van der Waals surface area contributed by atoms with Crippen LogP contribution in [0.15, 0.2) is 12.4 Å². The summed E-state index contributed by atoms with van der Waals surface area (Å²) in [5.41, 5.74) is 0. The summed E-state index contributed by atoms with van der Waals surface area (Å²) in [5, 5.41) is 0. The summed E-state index contributed by atoms with van der Waals surface area (Å²) in [4.78, 5) is 3.76. The van der Waals surface area contributed by atoms with E-state index in [1.165, 1.54) is 218 Å². The van der Waals surface area contributed by atoms with Crippen molar-refractivity contribution in [2.45, 2.75) is 252 Å². The third-order valence-electron chi connectivity index (χ3n) is 10.4. The van der Waals surface area contributed by atoms with E-state index in [0.717, 1.165) is 0 Å². The zero-order valence-electron chi connectivity index (χ0n) is 31.1. The van der Waals surface area contributed by atoms with Gasteiger partial charge in [0.25, 0.3) is 5.82 Å². The van der Waals surface area contributed by atoms with Gasteiger partial charge in [0.2, 0.25) is 0 Å². The molecule has 1 aromatic rings. The van der Waals surface area contributed by atoms with Crippen molar-refractivity contribution in [3.05, 3.63) is 18.2 Å². The van der Waals surface area contributed by atoms with Crippen LogP contribution in [0, 0.1) is 0 Å². The summed E-state index contributed by atoms with van der Waals surface area (Å²) in [6, 6.07) is 0.619. The lowest BCUT2D eigenvalue weighted by Gasteiger charge is -2.17. The number of aromatic nitrogens is 2. The van der Waals surface area contributed by atoms with Crippen molar-refractivity contribution in [2.24, 2.45) is 0 Å². The molecule has 0 spiro atoms. The summed E-state index contributed by atoms with van der Waals surface area (Å²) < 4.78 is 2.64. The first-order valence-corrected chi connectivity index (χ1v) is 20.8. The fourth-order valence-corrected chi connectivity index (χ4v) is 7.31. The van der Waals surface area contributed by atoms with Gasteiger partial charge in [-0.3, -0.25) is 0 Å². The maximum atomic E-state index is 3.76. The van der Waals surface area contributed by atoms with Gasteiger partial charge in [-0.15, -0.1) is 0 Å². The van der Waals surface area contributed by atoms with Crippen molar-refractivity contribution in [1.29, 1.82) is 0 Å². The van der Waals surface area contributed by atoms with Gasteiger partial charge in [0.05, 0.1) is 12.0 Å². The first-order chi connectivity index (χ1) is 21.7. The predicted octanol–water partition coefficient (Wildman–Crippen LogP) is 14.9. The maximum absolute atomic E-state index is 3.76. The Bertz CT molecular complexity index is 655. The second-order valence-corrected chi connectivity index (χ2v) is 14.7. The third kappa shape index (κ3) is 23.5. The molecule has 2 heteroatoms. The van der Waals surface area contributed by atoms with Gasteiger partial charge in [0.15, 0.2) is 0 Å². The van der Waals surface area contributed by atoms with Crippen molar-refractivity contribution >= 4 is 0 Å². The average molecular weight is 616 g/mol. The Morgan fingerprint density at radius 2 is 0.727 bits per heavy atom. The van der Waals surface area contributed by atoms with Crippen LogP contribution in [0.5, 0.6) is 0 Å². The molecule has 0 aliphatic heterocycles. The Morgan fingerprint density at radius 3 is 1.07 bits per heavy atom. The highest BCUT2D eigenvalue weighted by atomic mass is 15.1. The lowest BCUT2D eigenvalue weighted by molar-refractivity contribution is -0.727. The number of unbranched alkanes of at least 4 members (excludes halogenated alkanes) is 27. The van der Waals surface area contributed by atoms with Gasteiger partial charge in [-0.05, 0) is 32.6 Å². The van der Waals surface area contributed by atoms with Crippen LogP contribution >= 0.6 is 0 Å². The normalized spacial score (nSPS) is 12.5. The van der Waals surface area contributed by atoms with Crippen molar-refractivity contribution < 1.29 is 4.57 Å². The summed E-state index contributed by atoms with van der Waals surface area (Å²) in [6.07, 6.45) is 51.6. The lowest BCUT2D eigenvalue weighted by Crippen LogP contribution is -2.41. The van der Waals surface area contributed by atoms with E-state index in [9.17, 15) is 0 Å². The van der Waals surface area contributed by atoms with Crippen LogP contribution < -0.4 is 4.57 Å². The molecule has 1 heterocycles. The van der Waals surface area contributed by atoms with Gasteiger partial charge >= 0.3 is 0 Å². The largest absolute Gasteiger partial charge is 0.257 e. The number of H-pyrrole nitrogens is 1. The van der Waals surface area contributed by atoms with E-state index >= 15 is 0 Å². The minimum atomic E-state index is 0.619. The minimum Gasteiger partial charge on any atom is -0.247 e. The first kappa shape index (κ1) is 41.2. The number of rotatable bonds is 35. The molecule has 260 valence electrons. The van der Waals surface area contributed by atoms with E-state index in [1.54, 1.807) is 0 Å². The van der Waals surface area contributed by atoms with E-state index < -0.39 is 0 Å². The van der Waals surface area contributed by atoms with Gasteiger partial charge in [0, 0.05) is 0 Å². The van der Waals surface area contributed by atoms with Gasteiger partial charge in [0.1, 0.15) is 12.4 Å². The fraction of sp³-hybridized carbons (Fsp3) is 0.929. The topological polar surface area (TPSA) is 19.7 Å². The Hall–Kier alpha value is -0.790. The Labute approximate surface area is 278 Å². The molecule has 1 unspecified atom stereocenters. The number of nitrogens with zero attached hydrogens (tertiary/aromatic N) is 1. The Balaban J connectivity index is 2.43. The zero-order valence-corrected chi connectivity index (χ0v) is 31.1. The van der Waals surface area contributed by atoms with Gasteiger partial charge < -0.3 is 0 Å². The van der Waals surface area contributed by atoms with Gasteiger partial charge in [-0.2, -0.15) is 0 Å². The first-order valence-electron chi connectivity index (χ1n) is 20.8. The van der Waals surface area contributed by atoms with E-state index in [0.29, 0.717) is 12.0 Å². The third-order valence-corrected chi connectivity index (χ3v) is 10.4. The SMILES string of the molecule is CCCCCCCCCCCCC(CCCCCCCCCCCC)c1[nH]cc[n+]1C(C)CCCCCCCCCCCC. The highest BCUT2D eigenvalue weighted by molar-refractivity contribution is 4.90. The molecule has 1 N–H and O–H groups in total. The standard InChI is InChI=1S/C42H82N2/c1-5-8-11-14-17-20-23-26-29-32-35-40(4)44-39-38-43-42(44)41(36-33-30-27-24-21-18-15-12-9-6-2)37-34-31-28-25-22-19-16-13-10-7-3/h38-41H,5-37H2,1-4H3/p+1. The van der Waals surface area contributed by atoms with Crippen LogP contribution in [0.25, 0.3) is 0 Å². The van der Waals surface area contributed by atoms with Crippen molar-refractivity contribution in [2.75, 3.05) is 0 Å². The summed E-state index contributed by atoms with van der Waals surface area (Å²) in [6.45, 7) is 9.42. The van der Waals surface area contributed by atoms with Crippen LogP contribution in [0.4, 0.5) is 0 Å². The minimum absolute atomic E-state index is 0.619. The molecule has 1 atom stereocenters. The van der Waals surface area contributed by atoms with E-state index in [1.807, 2.05) is 0 Å². The second-order valence-electron chi connectivity index (χ2n) is 14.7. The average Bonchev–Trinajstić information content (AvgIpc) is 3.53. The highest BCUT2D eigenvalue weighted by Gasteiger charge is 2.25.